The molecule has 1 aromatic carbocycles. The number of aryl methyl sites for hydroxylation is 1. The second-order valence-electron chi connectivity index (χ2n) is 4.26. The average Bonchev–Trinajstić information content (AvgIpc) is 2.87. The number of nitrogens with one attached hydrogen (secondary N) is 1. The summed E-state index contributed by atoms with van der Waals surface area (Å²) in [6.07, 6.45) is 1.47. The lowest BCUT2D eigenvalue weighted by Gasteiger charge is -2.11. The molecule has 1 heterocycles. The van der Waals surface area contributed by atoms with E-state index in [4.69, 9.17) is 9.15 Å². The maximum absolute atomic E-state index is 12.0. The Bertz CT molecular complexity index is 604. The zero-order valence-electron chi connectivity index (χ0n) is 11.5. The summed E-state index contributed by atoms with van der Waals surface area (Å²) in [7, 11) is 0. The van der Waals surface area contributed by atoms with E-state index in [2.05, 4.69) is 5.32 Å². The fourth-order valence-corrected chi connectivity index (χ4v) is 1.90. The van der Waals surface area contributed by atoms with Crippen LogP contribution < -0.4 is 10.1 Å². The predicted octanol–water partition coefficient (Wildman–Crippen LogP) is 2.73. The van der Waals surface area contributed by atoms with Crippen molar-refractivity contribution in [2.75, 3.05) is 11.9 Å². The molecule has 1 aromatic heterocycles. The molecule has 2 N–H and O–H groups in total. The molecule has 1 amide bonds. The van der Waals surface area contributed by atoms with Gasteiger partial charge >= 0.3 is 0 Å². The van der Waals surface area contributed by atoms with Crippen molar-refractivity contribution >= 4 is 11.6 Å². The van der Waals surface area contributed by atoms with E-state index in [-0.39, 0.29) is 12.5 Å². The monoisotopic (exact) mass is 275 g/mol. The molecule has 20 heavy (non-hydrogen) atoms. The Kier molecular flexibility index (Phi) is 4.42. The van der Waals surface area contributed by atoms with Crippen molar-refractivity contribution in [2.24, 2.45) is 0 Å². The van der Waals surface area contributed by atoms with Gasteiger partial charge in [0.1, 0.15) is 11.5 Å². The first-order chi connectivity index (χ1) is 9.65. The number of rotatable bonds is 5. The first-order valence-corrected chi connectivity index (χ1v) is 6.37. The number of anilines is 1. The number of ether oxygens (including phenoxy) is 1. The predicted molar refractivity (Wildman–Crippen MR) is 74.9 cm³/mol. The van der Waals surface area contributed by atoms with Crippen LogP contribution in [0.5, 0.6) is 5.75 Å². The van der Waals surface area contributed by atoms with Crippen molar-refractivity contribution in [3.63, 3.8) is 0 Å². The van der Waals surface area contributed by atoms with Crippen LogP contribution in [0.2, 0.25) is 0 Å². The molecule has 2 rings (SSSR count). The van der Waals surface area contributed by atoms with Gasteiger partial charge in [0.05, 0.1) is 25.0 Å². The molecule has 5 heteroatoms. The molecule has 0 aliphatic heterocycles. The summed E-state index contributed by atoms with van der Waals surface area (Å²) in [4.78, 5) is 12.0. The van der Waals surface area contributed by atoms with E-state index >= 15 is 0 Å². The van der Waals surface area contributed by atoms with Gasteiger partial charge in [-0.3, -0.25) is 4.79 Å². The molecule has 0 saturated heterocycles. The highest BCUT2D eigenvalue weighted by Gasteiger charge is 2.12. The summed E-state index contributed by atoms with van der Waals surface area (Å²) in [5.74, 6) is 0.938. The minimum Gasteiger partial charge on any atom is -0.494 e. The molecule has 5 nitrogen and oxygen atoms in total. The topological polar surface area (TPSA) is 71.7 Å². The van der Waals surface area contributed by atoms with E-state index in [9.17, 15) is 9.90 Å². The molecule has 0 atom stereocenters. The number of aliphatic hydroxyl groups is 1. The highest BCUT2D eigenvalue weighted by molar-refractivity contribution is 6.04. The molecule has 0 radical (unpaired) electrons. The summed E-state index contributed by atoms with van der Waals surface area (Å²) >= 11 is 0. The number of aliphatic hydroxyl groups excluding tert-OH is 1. The third kappa shape index (κ3) is 3.00. The van der Waals surface area contributed by atoms with E-state index in [0.29, 0.717) is 34.9 Å². The Labute approximate surface area is 117 Å². The number of amides is 1. The summed E-state index contributed by atoms with van der Waals surface area (Å²) < 4.78 is 10.5. The highest BCUT2D eigenvalue weighted by Crippen LogP contribution is 2.23. The van der Waals surface area contributed by atoms with Gasteiger partial charge in [0, 0.05) is 11.3 Å². The number of hydrogen-bond donors (Lipinski definition) is 2. The number of carbonyl (C=O) groups excluding carboxylic acids is 1. The highest BCUT2D eigenvalue weighted by atomic mass is 16.5. The lowest BCUT2D eigenvalue weighted by atomic mass is 10.1. The van der Waals surface area contributed by atoms with Crippen LogP contribution in [-0.2, 0) is 6.61 Å². The van der Waals surface area contributed by atoms with Crippen LogP contribution in [0, 0.1) is 6.92 Å². The van der Waals surface area contributed by atoms with Crippen LogP contribution in [0.25, 0.3) is 0 Å². The third-order valence-corrected chi connectivity index (χ3v) is 2.89. The van der Waals surface area contributed by atoms with Crippen LogP contribution in [0.1, 0.15) is 28.6 Å². The summed E-state index contributed by atoms with van der Waals surface area (Å²) in [5, 5.41) is 12.1. The van der Waals surface area contributed by atoms with Crippen LogP contribution in [0.4, 0.5) is 5.69 Å². The number of furan rings is 1. The normalized spacial score (nSPS) is 10.3. The molecule has 0 spiro atoms. The van der Waals surface area contributed by atoms with Gasteiger partial charge in [-0.25, -0.2) is 0 Å². The Hall–Kier alpha value is -2.27. The Morgan fingerprint density at radius 1 is 1.40 bits per heavy atom. The number of hydrogen-bond acceptors (Lipinski definition) is 4. The Morgan fingerprint density at radius 2 is 2.20 bits per heavy atom. The van der Waals surface area contributed by atoms with Gasteiger partial charge in [-0.2, -0.15) is 0 Å². The fraction of sp³-hybridized carbons (Fsp3) is 0.267. The Morgan fingerprint density at radius 3 is 2.80 bits per heavy atom. The van der Waals surface area contributed by atoms with Crippen molar-refractivity contribution in [2.45, 2.75) is 20.5 Å². The molecule has 0 fully saturated rings. The Balaban J connectivity index is 2.18. The van der Waals surface area contributed by atoms with Gasteiger partial charge in [-0.15, -0.1) is 0 Å². The lowest BCUT2D eigenvalue weighted by Crippen LogP contribution is -2.12. The summed E-state index contributed by atoms with van der Waals surface area (Å²) in [5.41, 5.74) is 1.72. The maximum atomic E-state index is 12.0. The lowest BCUT2D eigenvalue weighted by molar-refractivity contribution is 0.102. The summed E-state index contributed by atoms with van der Waals surface area (Å²) in [6, 6.07) is 6.77. The molecule has 0 bridgehead atoms. The van der Waals surface area contributed by atoms with Crippen molar-refractivity contribution in [1.29, 1.82) is 0 Å². The van der Waals surface area contributed by atoms with Crippen molar-refractivity contribution in [3.05, 3.63) is 47.4 Å². The second kappa shape index (κ2) is 6.25. The van der Waals surface area contributed by atoms with E-state index in [1.807, 2.05) is 6.92 Å². The minimum atomic E-state index is -0.246. The molecule has 0 unspecified atom stereocenters. The van der Waals surface area contributed by atoms with Gasteiger partial charge in [0.15, 0.2) is 0 Å². The first kappa shape index (κ1) is 14.1. The van der Waals surface area contributed by atoms with Crippen LogP contribution in [-0.4, -0.2) is 17.6 Å². The van der Waals surface area contributed by atoms with E-state index in [0.717, 1.165) is 0 Å². The van der Waals surface area contributed by atoms with Gasteiger partial charge < -0.3 is 19.6 Å². The zero-order chi connectivity index (χ0) is 14.5. The minimum absolute atomic E-state index is 0.149. The molecular weight excluding hydrogens is 258 g/mol. The molecule has 0 saturated carbocycles. The van der Waals surface area contributed by atoms with Crippen LogP contribution in [0.3, 0.4) is 0 Å². The van der Waals surface area contributed by atoms with Crippen LogP contribution >= 0.6 is 0 Å². The molecular formula is C15H17NO4. The van der Waals surface area contributed by atoms with Gasteiger partial charge in [-0.05, 0) is 38.1 Å². The van der Waals surface area contributed by atoms with Gasteiger partial charge in [0.25, 0.3) is 5.91 Å². The molecule has 2 aromatic rings. The average molecular weight is 275 g/mol. The van der Waals surface area contributed by atoms with Crippen molar-refractivity contribution in [1.82, 2.24) is 0 Å². The third-order valence-electron chi connectivity index (χ3n) is 2.89. The number of benzene rings is 1. The first-order valence-electron chi connectivity index (χ1n) is 6.37. The van der Waals surface area contributed by atoms with Crippen molar-refractivity contribution in [3.8, 4) is 5.75 Å². The zero-order valence-corrected chi connectivity index (χ0v) is 11.5. The maximum Gasteiger partial charge on any atom is 0.259 e. The fourth-order valence-electron chi connectivity index (χ4n) is 1.90. The smallest absolute Gasteiger partial charge is 0.259 e. The standard InChI is InChI=1S/C15H17NO4/c1-3-19-14-5-4-12(8-11(14)9-17)16-15(18)13-6-7-20-10(13)2/h4-8,17H,3,9H2,1-2H3,(H,16,18). The second-order valence-corrected chi connectivity index (χ2v) is 4.26. The van der Waals surface area contributed by atoms with E-state index in [1.54, 1.807) is 31.2 Å². The largest absolute Gasteiger partial charge is 0.494 e. The van der Waals surface area contributed by atoms with Crippen LogP contribution in [0.15, 0.2) is 34.9 Å². The van der Waals surface area contributed by atoms with Crippen molar-refractivity contribution < 1.29 is 19.1 Å². The van der Waals surface area contributed by atoms with E-state index < -0.39 is 0 Å². The molecule has 0 aliphatic rings. The van der Waals surface area contributed by atoms with Gasteiger partial charge in [0.2, 0.25) is 0 Å². The van der Waals surface area contributed by atoms with E-state index in [1.165, 1.54) is 6.26 Å². The number of carbonyl (C=O) groups is 1. The van der Waals surface area contributed by atoms with Gasteiger partial charge in [-0.1, -0.05) is 0 Å². The summed E-state index contributed by atoms with van der Waals surface area (Å²) in [6.45, 7) is 3.97. The molecule has 106 valence electrons. The SMILES string of the molecule is CCOc1ccc(NC(=O)c2ccoc2C)cc1CO. The molecule has 0 aliphatic carbocycles. The quantitative estimate of drug-likeness (QED) is 0.880.